The maximum absolute atomic E-state index is 3.97. The molecule has 0 bridgehead atoms. The Morgan fingerprint density at radius 3 is 2.00 bits per heavy atom. The van der Waals surface area contributed by atoms with Crippen LogP contribution in [0.3, 0.4) is 0 Å². The molecular weight excluding hydrogens is 378 g/mol. The lowest BCUT2D eigenvalue weighted by Crippen LogP contribution is -2.58. The summed E-state index contributed by atoms with van der Waals surface area (Å²) < 4.78 is 0. The van der Waals surface area contributed by atoms with E-state index in [-0.39, 0.29) is 5.54 Å². The molecule has 0 spiro atoms. The van der Waals surface area contributed by atoms with Crippen molar-refractivity contribution in [2.24, 2.45) is 0 Å². The van der Waals surface area contributed by atoms with Crippen molar-refractivity contribution >= 4 is 14.3 Å². The molecule has 0 heterocycles. The fourth-order valence-electron chi connectivity index (χ4n) is 4.64. The van der Waals surface area contributed by atoms with E-state index in [1.54, 1.807) is 0 Å². The van der Waals surface area contributed by atoms with E-state index in [0.717, 1.165) is 0 Å². The SMILES string of the molecule is CC1=Cc2c(-c3ccccc3)cccc2C1[Si](C)(C)NC(C)(C)C.CC=CC=CC. The van der Waals surface area contributed by atoms with Gasteiger partial charge in [0.2, 0.25) is 0 Å². The average molecular weight is 418 g/mol. The van der Waals surface area contributed by atoms with Gasteiger partial charge in [0, 0.05) is 11.1 Å². The van der Waals surface area contributed by atoms with Crippen LogP contribution in [0.1, 0.15) is 58.2 Å². The summed E-state index contributed by atoms with van der Waals surface area (Å²) >= 11 is 0. The summed E-state index contributed by atoms with van der Waals surface area (Å²) in [6.07, 6.45) is 10.4. The monoisotopic (exact) mass is 417 g/mol. The third-order valence-electron chi connectivity index (χ3n) is 5.28. The van der Waals surface area contributed by atoms with Crippen molar-refractivity contribution in [2.45, 2.75) is 65.7 Å². The standard InChI is InChI=1S/C22H29NSi.C6H10/c1-16-15-20-18(17-11-8-7-9-12-17)13-10-14-19(20)21(16)24(5,6)23-22(2,3)4;1-3-5-6-4-2/h7-15,21,23H,1-6H3;3-6H,1-2H3. The molecule has 2 aromatic rings. The molecule has 2 heteroatoms. The normalized spacial score (nSPS) is 16.4. The lowest BCUT2D eigenvalue weighted by atomic mass is 9.97. The van der Waals surface area contributed by atoms with Crippen molar-refractivity contribution in [2.75, 3.05) is 0 Å². The molecule has 3 rings (SSSR count). The Bertz CT molecular complexity index is 901. The van der Waals surface area contributed by atoms with Gasteiger partial charge in [-0.3, -0.25) is 0 Å². The van der Waals surface area contributed by atoms with E-state index >= 15 is 0 Å². The third kappa shape index (κ3) is 6.17. The fraction of sp³-hybridized carbons (Fsp3) is 0.357. The van der Waals surface area contributed by atoms with Crippen LogP contribution in [0.5, 0.6) is 0 Å². The van der Waals surface area contributed by atoms with E-state index in [0.29, 0.717) is 5.54 Å². The van der Waals surface area contributed by atoms with E-state index in [1.807, 2.05) is 38.2 Å². The number of hydrogen-bond acceptors (Lipinski definition) is 1. The van der Waals surface area contributed by atoms with Gasteiger partial charge in [-0.2, -0.15) is 0 Å². The summed E-state index contributed by atoms with van der Waals surface area (Å²) in [7, 11) is -1.66. The summed E-state index contributed by atoms with van der Waals surface area (Å²) in [4.78, 5) is 3.97. The number of fused-ring (bicyclic) bond motifs is 1. The summed E-state index contributed by atoms with van der Waals surface area (Å²) in [5.41, 5.74) is 7.77. The lowest BCUT2D eigenvalue weighted by Gasteiger charge is -2.39. The van der Waals surface area contributed by atoms with Gasteiger partial charge >= 0.3 is 0 Å². The minimum atomic E-state index is -1.66. The zero-order valence-electron chi connectivity index (χ0n) is 20.1. The fourth-order valence-corrected chi connectivity index (χ4v) is 8.97. The largest absolute Gasteiger partial charge is 0.332 e. The van der Waals surface area contributed by atoms with Gasteiger partial charge in [-0.15, -0.1) is 0 Å². The second-order valence-electron chi connectivity index (χ2n) is 9.64. The molecule has 2 aromatic carbocycles. The molecule has 160 valence electrons. The van der Waals surface area contributed by atoms with E-state index in [9.17, 15) is 0 Å². The molecular formula is C28H39NSi. The predicted molar refractivity (Wildman–Crippen MR) is 138 cm³/mol. The van der Waals surface area contributed by atoms with Crippen molar-refractivity contribution in [3.63, 3.8) is 0 Å². The second-order valence-corrected chi connectivity index (χ2v) is 13.9. The van der Waals surface area contributed by atoms with Gasteiger partial charge < -0.3 is 4.98 Å². The highest BCUT2D eigenvalue weighted by Crippen LogP contribution is 2.44. The number of allylic oxidation sites excluding steroid dienone is 5. The number of benzene rings is 2. The van der Waals surface area contributed by atoms with E-state index in [1.165, 1.54) is 27.8 Å². The molecule has 30 heavy (non-hydrogen) atoms. The highest BCUT2D eigenvalue weighted by atomic mass is 28.3. The summed E-state index contributed by atoms with van der Waals surface area (Å²) in [5, 5.41) is 0. The molecule has 1 nitrogen and oxygen atoms in total. The maximum Gasteiger partial charge on any atom is 0.131 e. The molecule has 1 aliphatic carbocycles. The minimum absolute atomic E-state index is 0.149. The Labute approximate surface area is 185 Å². The van der Waals surface area contributed by atoms with Crippen LogP contribution in [-0.4, -0.2) is 13.8 Å². The van der Waals surface area contributed by atoms with Crippen LogP contribution in [0.2, 0.25) is 13.1 Å². The van der Waals surface area contributed by atoms with Gasteiger partial charge in [0.05, 0.1) is 0 Å². The highest BCUT2D eigenvalue weighted by Gasteiger charge is 2.40. The van der Waals surface area contributed by atoms with E-state index in [4.69, 9.17) is 0 Å². The molecule has 1 atom stereocenters. The molecule has 0 aromatic heterocycles. The molecule has 0 aliphatic heterocycles. The molecule has 0 radical (unpaired) electrons. The zero-order valence-corrected chi connectivity index (χ0v) is 21.1. The Kier molecular flexibility index (Phi) is 8.23. The second kappa shape index (κ2) is 10.2. The van der Waals surface area contributed by atoms with Crippen molar-refractivity contribution in [1.82, 2.24) is 4.98 Å². The first-order valence-electron chi connectivity index (χ1n) is 11.0. The molecule has 1 aliphatic rings. The molecule has 1 unspecified atom stereocenters. The van der Waals surface area contributed by atoms with Gasteiger partial charge in [0.25, 0.3) is 0 Å². The summed E-state index contributed by atoms with van der Waals surface area (Å²) in [5.74, 6) is 0. The molecule has 0 saturated heterocycles. The van der Waals surface area contributed by atoms with Gasteiger partial charge in [0.15, 0.2) is 0 Å². The third-order valence-corrected chi connectivity index (χ3v) is 8.88. The van der Waals surface area contributed by atoms with E-state index in [2.05, 4.69) is 100 Å². The van der Waals surface area contributed by atoms with Gasteiger partial charge in [-0.1, -0.05) is 97.6 Å². The van der Waals surface area contributed by atoms with Crippen LogP contribution in [0, 0.1) is 0 Å². The van der Waals surface area contributed by atoms with Crippen LogP contribution in [0.15, 0.2) is 78.4 Å². The Hall–Kier alpha value is -2.16. The van der Waals surface area contributed by atoms with Crippen LogP contribution in [0.4, 0.5) is 0 Å². The van der Waals surface area contributed by atoms with E-state index < -0.39 is 8.24 Å². The molecule has 0 fully saturated rings. The Morgan fingerprint density at radius 2 is 1.47 bits per heavy atom. The van der Waals surface area contributed by atoms with Gasteiger partial charge in [0.1, 0.15) is 8.24 Å². The Morgan fingerprint density at radius 1 is 0.867 bits per heavy atom. The van der Waals surface area contributed by atoms with Crippen LogP contribution >= 0.6 is 0 Å². The first kappa shape index (κ1) is 24.1. The lowest BCUT2D eigenvalue weighted by molar-refractivity contribution is 0.508. The summed E-state index contributed by atoms with van der Waals surface area (Å²) in [6, 6.07) is 17.6. The quantitative estimate of drug-likeness (QED) is 0.391. The van der Waals surface area contributed by atoms with Crippen LogP contribution < -0.4 is 4.98 Å². The first-order chi connectivity index (χ1) is 14.1. The topological polar surface area (TPSA) is 12.0 Å². The Balaban J connectivity index is 0.000000469. The van der Waals surface area contributed by atoms with Gasteiger partial charge in [-0.25, -0.2) is 0 Å². The number of hydrogen-bond donors (Lipinski definition) is 1. The van der Waals surface area contributed by atoms with Gasteiger partial charge in [-0.05, 0) is 63.8 Å². The highest BCUT2D eigenvalue weighted by molar-refractivity contribution is 6.77. The van der Waals surface area contributed by atoms with Crippen molar-refractivity contribution < 1.29 is 0 Å². The zero-order chi connectivity index (χ0) is 22.4. The number of nitrogens with one attached hydrogen (secondary N) is 1. The average Bonchev–Trinajstić information content (AvgIpc) is 3.02. The van der Waals surface area contributed by atoms with Crippen molar-refractivity contribution in [3.8, 4) is 11.1 Å². The minimum Gasteiger partial charge on any atom is -0.332 e. The summed E-state index contributed by atoms with van der Waals surface area (Å²) in [6.45, 7) is 18.1. The van der Waals surface area contributed by atoms with Crippen molar-refractivity contribution in [1.29, 1.82) is 0 Å². The first-order valence-corrected chi connectivity index (χ1v) is 14.1. The van der Waals surface area contributed by atoms with Crippen LogP contribution in [0.25, 0.3) is 17.2 Å². The smallest absolute Gasteiger partial charge is 0.131 e. The number of rotatable bonds is 4. The molecule has 0 saturated carbocycles. The predicted octanol–water partition coefficient (Wildman–Crippen LogP) is 8.13. The maximum atomic E-state index is 3.97. The van der Waals surface area contributed by atoms with Crippen molar-refractivity contribution in [3.05, 3.63) is 89.5 Å². The van der Waals surface area contributed by atoms with Crippen LogP contribution in [-0.2, 0) is 0 Å². The molecule has 0 amide bonds. The molecule has 1 N–H and O–H groups in total.